The Hall–Kier alpha value is -1.53. The number of hydrogen-bond acceptors (Lipinski definition) is 4. The Kier molecular flexibility index (Phi) is 5.03. The SMILES string of the molecule is Cc1ccc(N)cc1NC(=O)CSc1ccc(Br)cn1. The lowest BCUT2D eigenvalue weighted by Gasteiger charge is -2.09. The Bertz CT molecular complexity index is 616. The van der Waals surface area contributed by atoms with Crippen LogP contribution in [0.3, 0.4) is 0 Å². The summed E-state index contributed by atoms with van der Waals surface area (Å²) in [5.74, 6) is 0.233. The largest absolute Gasteiger partial charge is 0.399 e. The molecule has 6 heteroatoms. The number of nitrogens with one attached hydrogen (secondary N) is 1. The van der Waals surface area contributed by atoms with Crippen LogP contribution in [-0.4, -0.2) is 16.6 Å². The first-order chi connectivity index (χ1) is 9.54. The molecule has 0 bridgehead atoms. The highest BCUT2D eigenvalue weighted by molar-refractivity contribution is 9.10. The molecule has 0 aliphatic rings. The van der Waals surface area contributed by atoms with Crippen LogP contribution in [0.4, 0.5) is 11.4 Å². The molecule has 4 nitrogen and oxygen atoms in total. The van der Waals surface area contributed by atoms with E-state index in [1.54, 1.807) is 12.3 Å². The van der Waals surface area contributed by atoms with Gasteiger partial charge in [0.15, 0.2) is 0 Å². The second-order valence-electron chi connectivity index (χ2n) is 4.23. The molecule has 1 amide bonds. The second kappa shape index (κ2) is 6.76. The summed E-state index contributed by atoms with van der Waals surface area (Å²) in [6, 6.07) is 9.22. The Balaban J connectivity index is 1.92. The number of amides is 1. The summed E-state index contributed by atoms with van der Waals surface area (Å²) in [4.78, 5) is 16.1. The summed E-state index contributed by atoms with van der Waals surface area (Å²) >= 11 is 4.71. The lowest BCUT2D eigenvalue weighted by Crippen LogP contribution is -2.15. The van der Waals surface area contributed by atoms with E-state index in [1.807, 2.05) is 31.2 Å². The molecule has 3 N–H and O–H groups in total. The number of nitrogens with two attached hydrogens (primary N) is 1. The van der Waals surface area contributed by atoms with Crippen molar-refractivity contribution >= 4 is 45.0 Å². The van der Waals surface area contributed by atoms with Crippen LogP contribution in [-0.2, 0) is 4.79 Å². The van der Waals surface area contributed by atoms with Gasteiger partial charge in [-0.05, 0) is 52.7 Å². The highest BCUT2D eigenvalue weighted by Gasteiger charge is 2.06. The van der Waals surface area contributed by atoms with Gasteiger partial charge in [0, 0.05) is 22.0 Å². The molecule has 1 aromatic heterocycles. The second-order valence-corrected chi connectivity index (χ2v) is 6.14. The molecule has 1 aromatic carbocycles. The quantitative estimate of drug-likeness (QED) is 0.653. The fraction of sp³-hybridized carbons (Fsp3) is 0.143. The van der Waals surface area contributed by atoms with E-state index in [4.69, 9.17) is 5.73 Å². The van der Waals surface area contributed by atoms with E-state index in [9.17, 15) is 4.79 Å². The van der Waals surface area contributed by atoms with E-state index in [-0.39, 0.29) is 5.91 Å². The number of aryl methyl sites for hydroxylation is 1. The molecular weight excluding hydrogens is 338 g/mol. The molecule has 0 atom stereocenters. The molecule has 0 aliphatic carbocycles. The number of hydrogen-bond donors (Lipinski definition) is 2. The van der Waals surface area contributed by atoms with E-state index in [0.717, 1.165) is 20.7 Å². The predicted octanol–water partition coefficient (Wildman–Crippen LogP) is 3.47. The number of thioether (sulfide) groups is 1. The predicted molar refractivity (Wildman–Crippen MR) is 86.9 cm³/mol. The topological polar surface area (TPSA) is 68.0 Å². The molecular formula is C14H14BrN3OS. The average molecular weight is 352 g/mol. The Morgan fingerprint density at radius 2 is 2.20 bits per heavy atom. The number of anilines is 2. The minimum atomic E-state index is -0.0755. The van der Waals surface area contributed by atoms with E-state index >= 15 is 0 Å². The molecule has 0 radical (unpaired) electrons. The molecule has 0 unspecified atom stereocenters. The van der Waals surface area contributed by atoms with E-state index in [1.165, 1.54) is 11.8 Å². The molecule has 1 heterocycles. The van der Waals surface area contributed by atoms with Crippen LogP contribution in [0, 0.1) is 6.92 Å². The van der Waals surface area contributed by atoms with Gasteiger partial charge in [-0.15, -0.1) is 0 Å². The average Bonchev–Trinajstić information content (AvgIpc) is 2.42. The lowest BCUT2D eigenvalue weighted by atomic mass is 10.2. The number of carbonyl (C=O) groups is 1. The highest BCUT2D eigenvalue weighted by atomic mass is 79.9. The van der Waals surface area contributed by atoms with Gasteiger partial charge in [-0.2, -0.15) is 0 Å². The minimum absolute atomic E-state index is 0.0755. The third-order valence-electron chi connectivity index (χ3n) is 2.59. The molecule has 0 saturated heterocycles. The third kappa shape index (κ3) is 4.25. The van der Waals surface area contributed by atoms with Crippen LogP contribution in [0.2, 0.25) is 0 Å². The van der Waals surface area contributed by atoms with Crippen LogP contribution in [0.25, 0.3) is 0 Å². The van der Waals surface area contributed by atoms with Gasteiger partial charge in [0.2, 0.25) is 5.91 Å². The van der Waals surface area contributed by atoms with Gasteiger partial charge in [0.1, 0.15) is 0 Å². The Morgan fingerprint density at radius 3 is 2.90 bits per heavy atom. The first kappa shape index (κ1) is 14.9. The van der Waals surface area contributed by atoms with Crippen molar-refractivity contribution in [2.24, 2.45) is 0 Å². The maximum atomic E-state index is 11.9. The summed E-state index contributed by atoms with van der Waals surface area (Å²) in [5, 5.41) is 3.67. The van der Waals surface area contributed by atoms with Crippen molar-refractivity contribution < 1.29 is 4.79 Å². The maximum absolute atomic E-state index is 11.9. The minimum Gasteiger partial charge on any atom is -0.399 e. The number of pyridine rings is 1. The van der Waals surface area contributed by atoms with Crippen molar-refractivity contribution in [3.63, 3.8) is 0 Å². The van der Waals surface area contributed by atoms with Crippen molar-refractivity contribution in [1.29, 1.82) is 0 Å². The molecule has 20 heavy (non-hydrogen) atoms. The van der Waals surface area contributed by atoms with Gasteiger partial charge in [-0.1, -0.05) is 17.8 Å². The van der Waals surface area contributed by atoms with Crippen LogP contribution in [0.1, 0.15) is 5.56 Å². The Morgan fingerprint density at radius 1 is 1.40 bits per heavy atom. The molecule has 0 saturated carbocycles. The number of carbonyl (C=O) groups excluding carboxylic acids is 1. The lowest BCUT2D eigenvalue weighted by molar-refractivity contribution is -0.113. The van der Waals surface area contributed by atoms with Gasteiger partial charge in [0.25, 0.3) is 0 Å². The highest BCUT2D eigenvalue weighted by Crippen LogP contribution is 2.20. The number of aromatic nitrogens is 1. The maximum Gasteiger partial charge on any atom is 0.234 e. The van der Waals surface area contributed by atoms with Crippen molar-refractivity contribution in [2.45, 2.75) is 11.9 Å². The molecule has 0 aliphatic heterocycles. The van der Waals surface area contributed by atoms with E-state index in [0.29, 0.717) is 11.4 Å². The zero-order chi connectivity index (χ0) is 14.5. The number of nitrogen functional groups attached to an aromatic ring is 1. The van der Waals surface area contributed by atoms with Crippen LogP contribution in [0.5, 0.6) is 0 Å². The fourth-order valence-electron chi connectivity index (χ4n) is 1.55. The van der Waals surface area contributed by atoms with Gasteiger partial charge in [0.05, 0.1) is 10.8 Å². The zero-order valence-corrected chi connectivity index (χ0v) is 13.3. The molecule has 2 rings (SSSR count). The van der Waals surface area contributed by atoms with Gasteiger partial charge in [-0.25, -0.2) is 4.98 Å². The summed E-state index contributed by atoms with van der Waals surface area (Å²) in [5.41, 5.74) is 8.08. The van der Waals surface area contributed by atoms with Gasteiger partial charge >= 0.3 is 0 Å². The monoisotopic (exact) mass is 351 g/mol. The zero-order valence-electron chi connectivity index (χ0n) is 10.9. The third-order valence-corrected chi connectivity index (χ3v) is 4.00. The summed E-state index contributed by atoms with van der Waals surface area (Å²) in [7, 11) is 0. The fourth-order valence-corrected chi connectivity index (χ4v) is 2.42. The summed E-state index contributed by atoms with van der Waals surface area (Å²) < 4.78 is 0.918. The Labute approximate surface area is 130 Å². The number of nitrogens with zero attached hydrogens (tertiary/aromatic N) is 1. The van der Waals surface area contributed by atoms with Crippen LogP contribution < -0.4 is 11.1 Å². The first-order valence-electron chi connectivity index (χ1n) is 5.95. The molecule has 0 spiro atoms. The van der Waals surface area contributed by atoms with Crippen molar-refractivity contribution in [3.05, 3.63) is 46.6 Å². The van der Waals surface area contributed by atoms with Crippen molar-refractivity contribution in [2.75, 3.05) is 16.8 Å². The number of benzene rings is 1. The van der Waals surface area contributed by atoms with E-state index in [2.05, 4.69) is 26.2 Å². The smallest absolute Gasteiger partial charge is 0.234 e. The molecule has 104 valence electrons. The van der Waals surface area contributed by atoms with Crippen LogP contribution >= 0.6 is 27.7 Å². The van der Waals surface area contributed by atoms with Gasteiger partial charge < -0.3 is 11.1 Å². The first-order valence-corrected chi connectivity index (χ1v) is 7.73. The molecule has 2 aromatic rings. The van der Waals surface area contributed by atoms with Crippen molar-refractivity contribution in [1.82, 2.24) is 4.98 Å². The van der Waals surface area contributed by atoms with Gasteiger partial charge in [-0.3, -0.25) is 4.79 Å². The summed E-state index contributed by atoms with van der Waals surface area (Å²) in [6.07, 6.45) is 1.71. The standard InChI is InChI=1S/C14H14BrN3OS/c1-9-2-4-11(16)6-12(9)18-13(19)8-20-14-5-3-10(15)7-17-14/h2-7H,8,16H2,1H3,(H,18,19). The summed E-state index contributed by atoms with van der Waals surface area (Å²) in [6.45, 7) is 1.93. The number of rotatable bonds is 4. The number of halogens is 1. The van der Waals surface area contributed by atoms with E-state index < -0.39 is 0 Å². The van der Waals surface area contributed by atoms with Crippen LogP contribution in [0.15, 0.2) is 46.0 Å². The normalized spacial score (nSPS) is 10.3. The van der Waals surface area contributed by atoms with Crippen molar-refractivity contribution in [3.8, 4) is 0 Å². The molecule has 0 fully saturated rings.